The SMILES string of the molecule is Cc1ccc(C(CNC(=O)COc2cccc(NC(=O)c3ccco3)c2)N2CCCC2)cc1. The molecular formula is C26H29N3O4. The lowest BCUT2D eigenvalue weighted by molar-refractivity contribution is -0.123. The number of benzene rings is 2. The lowest BCUT2D eigenvalue weighted by Crippen LogP contribution is -2.38. The zero-order valence-electron chi connectivity index (χ0n) is 18.8. The van der Waals surface area contributed by atoms with Gasteiger partial charge in [-0.15, -0.1) is 0 Å². The normalized spacial score (nSPS) is 14.6. The first-order valence-electron chi connectivity index (χ1n) is 11.2. The first-order chi connectivity index (χ1) is 16.1. The molecule has 33 heavy (non-hydrogen) atoms. The minimum atomic E-state index is -0.348. The average Bonchev–Trinajstić information content (AvgIpc) is 3.54. The number of anilines is 1. The van der Waals surface area contributed by atoms with E-state index < -0.39 is 0 Å². The summed E-state index contributed by atoms with van der Waals surface area (Å²) in [5.41, 5.74) is 2.99. The maximum atomic E-state index is 12.5. The predicted molar refractivity (Wildman–Crippen MR) is 126 cm³/mol. The van der Waals surface area contributed by atoms with Crippen molar-refractivity contribution in [2.45, 2.75) is 25.8 Å². The van der Waals surface area contributed by atoms with E-state index in [0.29, 0.717) is 18.0 Å². The zero-order chi connectivity index (χ0) is 23.0. The van der Waals surface area contributed by atoms with Crippen LogP contribution in [0, 0.1) is 6.92 Å². The molecule has 1 aliphatic rings. The molecule has 1 aromatic heterocycles. The molecule has 2 aromatic carbocycles. The minimum Gasteiger partial charge on any atom is -0.484 e. The van der Waals surface area contributed by atoms with E-state index in [4.69, 9.17) is 9.15 Å². The Morgan fingerprint density at radius 1 is 1.06 bits per heavy atom. The molecule has 1 saturated heterocycles. The van der Waals surface area contributed by atoms with Crippen molar-refractivity contribution in [3.63, 3.8) is 0 Å². The maximum Gasteiger partial charge on any atom is 0.291 e. The summed E-state index contributed by atoms with van der Waals surface area (Å²) in [5, 5.41) is 5.77. The lowest BCUT2D eigenvalue weighted by Gasteiger charge is -2.28. The number of hydrogen-bond acceptors (Lipinski definition) is 5. The Bertz CT molecular complexity index is 1060. The summed E-state index contributed by atoms with van der Waals surface area (Å²) < 4.78 is 10.8. The molecule has 4 rings (SSSR count). The molecule has 1 atom stereocenters. The van der Waals surface area contributed by atoms with Crippen molar-refractivity contribution in [3.8, 4) is 5.75 Å². The second kappa shape index (κ2) is 10.8. The van der Waals surface area contributed by atoms with Crippen LogP contribution >= 0.6 is 0 Å². The summed E-state index contributed by atoms with van der Waals surface area (Å²) in [5.74, 6) is 0.189. The van der Waals surface area contributed by atoms with Gasteiger partial charge in [-0.2, -0.15) is 0 Å². The van der Waals surface area contributed by atoms with Crippen LogP contribution in [-0.4, -0.2) is 43.0 Å². The number of nitrogens with zero attached hydrogens (tertiary/aromatic N) is 1. The van der Waals surface area contributed by atoms with Crippen molar-refractivity contribution < 1.29 is 18.7 Å². The molecule has 7 nitrogen and oxygen atoms in total. The molecule has 1 fully saturated rings. The molecule has 0 spiro atoms. The lowest BCUT2D eigenvalue weighted by atomic mass is 10.0. The topological polar surface area (TPSA) is 83.8 Å². The number of hydrogen-bond donors (Lipinski definition) is 2. The summed E-state index contributed by atoms with van der Waals surface area (Å²) in [6.07, 6.45) is 3.82. The molecule has 2 N–H and O–H groups in total. The highest BCUT2D eigenvalue weighted by molar-refractivity contribution is 6.02. The number of ether oxygens (including phenoxy) is 1. The van der Waals surface area contributed by atoms with Crippen LogP contribution in [0.5, 0.6) is 5.75 Å². The largest absolute Gasteiger partial charge is 0.484 e. The molecule has 2 amide bonds. The monoisotopic (exact) mass is 447 g/mol. The molecular weight excluding hydrogens is 418 g/mol. The van der Waals surface area contributed by atoms with Gasteiger partial charge in [0, 0.05) is 18.3 Å². The molecule has 1 aliphatic heterocycles. The van der Waals surface area contributed by atoms with E-state index in [1.54, 1.807) is 36.4 Å². The van der Waals surface area contributed by atoms with Crippen molar-refractivity contribution in [2.24, 2.45) is 0 Å². The van der Waals surface area contributed by atoms with Crippen molar-refractivity contribution in [3.05, 3.63) is 83.8 Å². The molecule has 0 saturated carbocycles. The Morgan fingerprint density at radius 2 is 1.85 bits per heavy atom. The highest BCUT2D eigenvalue weighted by Crippen LogP contribution is 2.25. The zero-order valence-corrected chi connectivity index (χ0v) is 18.8. The first-order valence-corrected chi connectivity index (χ1v) is 11.2. The van der Waals surface area contributed by atoms with Gasteiger partial charge in [-0.05, 0) is 62.7 Å². The molecule has 0 radical (unpaired) electrons. The van der Waals surface area contributed by atoms with Crippen LogP contribution in [0.2, 0.25) is 0 Å². The van der Waals surface area contributed by atoms with Gasteiger partial charge in [0.1, 0.15) is 5.75 Å². The van der Waals surface area contributed by atoms with Crippen LogP contribution in [0.15, 0.2) is 71.3 Å². The standard InChI is InChI=1S/C26H29N3O4/c1-19-9-11-20(12-10-19)23(29-13-2-3-14-29)17-27-25(30)18-33-22-7-4-6-21(16-22)28-26(31)24-8-5-15-32-24/h4-12,15-16,23H,2-3,13-14,17-18H2,1H3,(H,27,30)(H,28,31). The average molecular weight is 448 g/mol. The second-order valence-corrected chi connectivity index (χ2v) is 8.22. The summed E-state index contributed by atoms with van der Waals surface area (Å²) in [4.78, 5) is 27.1. The van der Waals surface area contributed by atoms with Gasteiger partial charge < -0.3 is 19.8 Å². The molecule has 3 aromatic rings. The smallest absolute Gasteiger partial charge is 0.291 e. The summed E-state index contributed by atoms with van der Waals surface area (Å²) in [7, 11) is 0. The van der Waals surface area contributed by atoms with Gasteiger partial charge in [0.15, 0.2) is 12.4 Å². The highest BCUT2D eigenvalue weighted by atomic mass is 16.5. The van der Waals surface area contributed by atoms with Crippen molar-refractivity contribution in [1.82, 2.24) is 10.2 Å². The third-order valence-corrected chi connectivity index (χ3v) is 5.74. The van der Waals surface area contributed by atoms with E-state index in [9.17, 15) is 9.59 Å². The fourth-order valence-corrected chi connectivity index (χ4v) is 3.97. The number of rotatable bonds is 9. The first kappa shape index (κ1) is 22.6. The Morgan fingerprint density at radius 3 is 2.58 bits per heavy atom. The Labute approximate surface area is 193 Å². The van der Waals surface area contributed by atoms with Crippen LogP contribution < -0.4 is 15.4 Å². The fourth-order valence-electron chi connectivity index (χ4n) is 3.97. The molecule has 0 aliphatic carbocycles. The number of likely N-dealkylation sites (tertiary alicyclic amines) is 1. The highest BCUT2D eigenvalue weighted by Gasteiger charge is 2.24. The van der Waals surface area contributed by atoms with Gasteiger partial charge in [-0.25, -0.2) is 0 Å². The Kier molecular flexibility index (Phi) is 7.42. The van der Waals surface area contributed by atoms with E-state index in [0.717, 1.165) is 13.1 Å². The molecule has 1 unspecified atom stereocenters. The van der Waals surface area contributed by atoms with E-state index in [1.165, 1.54) is 30.2 Å². The van der Waals surface area contributed by atoms with Gasteiger partial charge >= 0.3 is 0 Å². The van der Waals surface area contributed by atoms with E-state index in [-0.39, 0.29) is 30.2 Å². The fraction of sp³-hybridized carbons (Fsp3) is 0.308. The molecule has 2 heterocycles. The Hall–Kier alpha value is -3.58. The number of aryl methyl sites for hydroxylation is 1. The van der Waals surface area contributed by atoms with Gasteiger partial charge in [0.25, 0.3) is 11.8 Å². The maximum absolute atomic E-state index is 12.5. The number of nitrogens with one attached hydrogen (secondary N) is 2. The Balaban J connectivity index is 1.30. The number of carbonyl (C=O) groups is 2. The van der Waals surface area contributed by atoms with Gasteiger partial charge in [-0.3, -0.25) is 14.5 Å². The summed E-state index contributed by atoms with van der Waals surface area (Å²) in [6.45, 7) is 4.59. The van der Waals surface area contributed by atoms with Crippen LogP contribution in [0.1, 0.15) is 40.6 Å². The molecule has 0 bridgehead atoms. The van der Waals surface area contributed by atoms with E-state index in [2.05, 4.69) is 46.7 Å². The van der Waals surface area contributed by atoms with Crippen molar-refractivity contribution >= 4 is 17.5 Å². The number of carbonyl (C=O) groups excluding carboxylic acids is 2. The van der Waals surface area contributed by atoms with Gasteiger partial charge in [0.05, 0.1) is 12.3 Å². The van der Waals surface area contributed by atoms with Crippen LogP contribution in [0.4, 0.5) is 5.69 Å². The minimum absolute atomic E-state index is 0.101. The molecule has 7 heteroatoms. The van der Waals surface area contributed by atoms with Crippen LogP contribution in [-0.2, 0) is 4.79 Å². The predicted octanol–water partition coefficient (Wildman–Crippen LogP) is 4.17. The number of amides is 2. The quantitative estimate of drug-likeness (QED) is 0.514. The van der Waals surface area contributed by atoms with Crippen molar-refractivity contribution in [2.75, 3.05) is 31.6 Å². The van der Waals surface area contributed by atoms with Crippen molar-refractivity contribution in [1.29, 1.82) is 0 Å². The summed E-state index contributed by atoms with van der Waals surface area (Å²) >= 11 is 0. The van der Waals surface area contributed by atoms with Crippen LogP contribution in [0.25, 0.3) is 0 Å². The van der Waals surface area contributed by atoms with Gasteiger partial charge in [0.2, 0.25) is 0 Å². The third-order valence-electron chi connectivity index (χ3n) is 5.74. The van der Waals surface area contributed by atoms with Gasteiger partial charge in [-0.1, -0.05) is 35.9 Å². The third kappa shape index (κ3) is 6.23. The van der Waals surface area contributed by atoms with E-state index in [1.807, 2.05) is 0 Å². The van der Waals surface area contributed by atoms with Crippen LogP contribution in [0.3, 0.4) is 0 Å². The second-order valence-electron chi connectivity index (χ2n) is 8.22. The number of furan rings is 1. The summed E-state index contributed by atoms with van der Waals surface area (Å²) in [6, 6.07) is 18.8. The van der Waals surface area contributed by atoms with E-state index >= 15 is 0 Å². The molecule has 172 valence electrons.